The summed E-state index contributed by atoms with van der Waals surface area (Å²) in [7, 11) is 1.68. The Labute approximate surface area is 109 Å². The summed E-state index contributed by atoms with van der Waals surface area (Å²) in [5.41, 5.74) is 0.959. The molecule has 0 saturated carbocycles. The Kier molecular flexibility index (Phi) is 3.89. The van der Waals surface area contributed by atoms with E-state index >= 15 is 0 Å². The van der Waals surface area contributed by atoms with Crippen LogP contribution >= 0.6 is 11.6 Å². The number of halogens is 3. The van der Waals surface area contributed by atoms with Crippen LogP contribution in [0.25, 0.3) is 0 Å². The Morgan fingerprint density at radius 2 is 2.00 bits per heavy atom. The highest BCUT2D eigenvalue weighted by Crippen LogP contribution is 2.24. The van der Waals surface area contributed by atoms with Gasteiger partial charge in [-0.25, -0.2) is 8.78 Å². The van der Waals surface area contributed by atoms with E-state index in [0.717, 1.165) is 6.07 Å². The lowest BCUT2D eigenvalue weighted by atomic mass is 10.0. The molecule has 94 valence electrons. The average Bonchev–Trinajstić information content (AvgIpc) is 2.35. The number of nitrogens with zero attached hydrogens (tertiary/aromatic N) is 1. The normalized spacial score (nSPS) is 12.4. The summed E-state index contributed by atoms with van der Waals surface area (Å²) in [5.74, 6) is -1.21. The summed E-state index contributed by atoms with van der Waals surface area (Å²) >= 11 is 5.75. The summed E-state index contributed by atoms with van der Waals surface area (Å²) in [6, 6.07) is 6.42. The highest BCUT2D eigenvalue weighted by atomic mass is 35.5. The smallest absolute Gasteiger partial charge is 0.131 e. The van der Waals surface area contributed by atoms with E-state index in [1.54, 1.807) is 19.2 Å². The molecular formula is C13H11ClF2N2. The standard InChI is InChI=1S/C13H11ClF2N2/c1-17-13(12-5-2-8(14)7-18-12)10-4-3-9(15)6-11(10)16/h2-7,13,17H,1H3. The largest absolute Gasteiger partial charge is 0.308 e. The number of hydrogen-bond acceptors (Lipinski definition) is 2. The van der Waals surface area contributed by atoms with Gasteiger partial charge in [-0.1, -0.05) is 17.7 Å². The summed E-state index contributed by atoms with van der Waals surface area (Å²) in [6.07, 6.45) is 1.49. The van der Waals surface area contributed by atoms with Crippen LogP contribution in [0.4, 0.5) is 8.78 Å². The van der Waals surface area contributed by atoms with E-state index in [-0.39, 0.29) is 0 Å². The molecule has 1 aromatic heterocycles. The van der Waals surface area contributed by atoms with Gasteiger partial charge in [0, 0.05) is 17.8 Å². The van der Waals surface area contributed by atoms with Crippen LogP contribution < -0.4 is 5.32 Å². The number of nitrogens with one attached hydrogen (secondary N) is 1. The van der Waals surface area contributed by atoms with E-state index in [2.05, 4.69) is 10.3 Å². The summed E-state index contributed by atoms with van der Waals surface area (Å²) < 4.78 is 26.6. The number of pyridine rings is 1. The van der Waals surface area contributed by atoms with Crippen LogP contribution in [0.15, 0.2) is 36.5 Å². The van der Waals surface area contributed by atoms with Crippen LogP contribution in [0.5, 0.6) is 0 Å². The van der Waals surface area contributed by atoms with Gasteiger partial charge in [0.25, 0.3) is 0 Å². The zero-order chi connectivity index (χ0) is 13.1. The molecule has 0 aliphatic carbocycles. The van der Waals surface area contributed by atoms with E-state index in [9.17, 15) is 8.78 Å². The molecule has 2 aromatic rings. The maximum Gasteiger partial charge on any atom is 0.131 e. The predicted octanol–water partition coefficient (Wildman–Crippen LogP) is 3.32. The fourth-order valence-electron chi connectivity index (χ4n) is 1.76. The number of hydrogen-bond donors (Lipinski definition) is 1. The van der Waals surface area contributed by atoms with Crippen LogP contribution in [0.3, 0.4) is 0 Å². The zero-order valence-corrected chi connectivity index (χ0v) is 10.4. The molecule has 2 nitrogen and oxygen atoms in total. The first kappa shape index (κ1) is 12.9. The SMILES string of the molecule is CNC(c1ccc(Cl)cn1)c1ccc(F)cc1F. The lowest BCUT2D eigenvalue weighted by Gasteiger charge is -2.16. The Bertz CT molecular complexity index is 543. The molecule has 0 saturated heterocycles. The van der Waals surface area contributed by atoms with Gasteiger partial charge in [0.1, 0.15) is 11.6 Å². The van der Waals surface area contributed by atoms with Crippen molar-refractivity contribution in [3.8, 4) is 0 Å². The molecule has 0 amide bonds. The highest BCUT2D eigenvalue weighted by Gasteiger charge is 2.17. The van der Waals surface area contributed by atoms with E-state index < -0.39 is 17.7 Å². The van der Waals surface area contributed by atoms with Gasteiger partial charge < -0.3 is 5.32 Å². The van der Waals surface area contributed by atoms with Gasteiger partial charge in [0.15, 0.2) is 0 Å². The van der Waals surface area contributed by atoms with Crippen LogP contribution in [-0.2, 0) is 0 Å². The Hall–Kier alpha value is -1.52. The molecule has 0 aliphatic heterocycles. The van der Waals surface area contributed by atoms with Crippen LogP contribution in [0, 0.1) is 11.6 Å². The molecule has 0 bridgehead atoms. The Morgan fingerprint density at radius 3 is 2.56 bits per heavy atom. The molecule has 18 heavy (non-hydrogen) atoms. The van der Waals surface area contributed by atoms with Crippen molar-refractivity contribution >= 4 is 11.6 Å². The topological polar surface area (TPSA) is 24.9 Å². The fourth-order valence-corrected chi connectivity index (χ4v) is 1.87. The molecule has 1 aromatic carbocycles. The molecule has 0 spiro atoms. The van der Waals surface area contributed by atoms with Gasteiger partial charge in [-0.05, 0) is 25.2 Å². The van der Waals surface area contributed by atoms with E-state index in [4.69, 9.17) is 11.6 Å². The average molecular weight is 269 g/mol. The van der Waals surface area contributed by atoms with Gasteiger partial charge >= 0.3 is 0 Å². The van der Waals surface area contributed by atoms with Gasteiger partial charge in [0.05, 0.1) is 16.8 Å². The second-order valence-electron chi connectivity index (χ2n) is 3.79. The van der Waals surface area contributed by atoms with Crippen molar-refractivity contribution in [3.63, 3.8) is 0 Å². The zero-order valence-electron chi connectivity index (χ0n) is 9.62. The minimum atomic E-state index is -0.605. The second-order valence-corrected chi connectivity index (χ2v) is 4.23. The maximum atomic E-state index is 13.7. The molecule has 0 aliphatic rings. The van der Waals surface area contributed by atoms with Gasteiger partial charge in [-0.15, -0.1) is 0 Å². The predicted molar refractivity (Wildman–Crippen MR) is 66.5 cm³/mol. The number of rotatable bonds is 3. The highest BCUT2D eigenvalue weighted by molar-refractivity contribution is 6.30. The molecule has 1 N–H and O–H groups in total. The van der Waals surface area contributed by atoms with E-state index in [1.807, 2.05) is 0 Å². The van der Waals surface area contributed by atoms with Gasteiger partial charge in [0.2, 0.25) is 0 Å². The molecule has 1 unspecified atom stereocenters. The monoisotopic (exact) mass is 268 g/mol. The van der Waals surface area contributed by atoms with Gasteiger partial charge in [-0.2, -0.15) is 0 Å². The minimum Gasteiger partial charge on any atom is -0.308 e. The van der Waals surface area contributed by atoms with Crippen LogP contribution in [-0.4, -0.2) is 12.0 Å². The van der Waals surface area contributed by atoms with Crippen molar-refractivity contribution in [1.29, 1.82) is 0 Å². The van der Waals surface area contributed by atoms with Crippen LogP contribution in [0.1, 0.15) is 17.3 Å². The molecule has 2 rings (SSSR count). The third-order valence-corrected chi connectivity index (χ3v) is 2.83. The Balaban J connectivity index is 2.41. The van der Waals surface area contributed by atoms with Gasteiger partial charge in [-0.3, -0.25) is 4.98 Å². The Morgan fingerprint density at radius 1 is 1.22 bits per heavy atom. The third-order valence-electron chi connectivity index (χ3n) is 2.61. The molecular weight excluding hydrogens is 258 g/mol. The molecule has 0 fully saturated rings. The second kappa shape index (κ2) is 5.42. The first-order valence-electron chi connectivity index (χ1n) is 5.35. The van der Waals surface area contributed by atoms with Crippen molar-refractivity contribution in [2.24, 2.45) is 0 Å². The third kappa shape index (κ3) is 2.66. The summed E-state index contributed by atoms with van der Waals surface area (Å²) in [5, 5.41) is 3.45. The van der Waals surface area contributed by atoms with Crippen molar-refractivity contribution in [3.05, 3.63) is 64.4 Å². The number of aromatic nitrogens is 1. The summed E-state index contributed by atoms with van der Waals surface area (Å²) in [6.45, 7) is 0. The summed E-state index contributed by atoms with van der Waals surface area (Å²) in [4.78, 5) is 4.13. The van der Waals surface area contributed by atoms with Crippen molar-refractivity contribution in [2.45, 2.75) is 6.04 Å². The quantitative estimate of drug-likeness (QED) is 0.924. The number of benzene rings is 1. The van der Waals surface area contributed by atoms with E-state index in [0.29, 0.717) is 16.3 Å². The van der Waals surface area contributed by atoms with Crippen molar-refractivity contribution in [1.82, 2.24) is 10.3 Å². The maximum absolute atomic E-state index is 13.7. The van der Waals surface area contributed by atoms with Crippen LogP contribution in [0.2, 0.25) is 5.02 Å². The van der Waals surface area contributed by atoms with E-state index in [1.165, 1.54) is 18.3 Å². The van der Waals surface area contributed by atoms with Crippen molar-refractivity contribution < 1.29 is 8.78 Å². The lowest BCUT2D eigenvalue weighted by Crippen LogP contribution is -2.20. The molecule has 1 atom stereocenters. The first-order valence-corrected chi connectivity index (χ1v) is 5.73. The molecule has 5 heteroatoms. The minimum absolute atomic E-state index is 0.341. The first-order chi connectivity index (χ1) is 8.61. The molecule has 1 heterocycles. The fraction of sp³-hybridized carbons (Fsp3) is 0.154. The molecule has 0 radical (unpaired) electrons. The lowest BCUT2D eigenvalue weighted by molar-refractivity contribution is 0.548. The van der Waals surface area contributed by atoms with Crippen molar-refractivity contribution in [2.75, 3.05) is 7.05 Å².